The van der Waals surface area contributed by atoms with E-state index in [2.05, 4.69) is 15.3 Å². The number of para-hydroxylation sites is 1. The minimum atomic E-state index is -0.00560. The van der Waals surface area contributed by atoms with Crippen LogP contribution in [0.4, 0.5) is 5.82 Å². The third-order valence-corrected chi connectivity index (χ3v) is 7.82. The van der Waals surface area contributed by atoms with Gasteiger partial charge in [-0.1, -0.05) is 37.1 Å². The molecule has 0 spiro atoms. The lowest BCUT2D eigenvalue weighted by Gasteiger charge is -2.32. The number of likely N-dealkylation sites (tertiary alicyclic amines) is 1. The quantitative estimate of drug-likeness (QED) is 0.300. The topological polar surface area (TPSA) is 111 Å². The van der Waals surface area contributed by atoms with Crippen LogP contribution in [0.25, 0.3) is 22.3 Å². The Hall–Kier alpha value is -4.24. The van der Waals surface area contributed by atoms with E-state index in [4.69, 9.17) is 15.6 Å². The molecule has 1 aliphatic carbocycles. The number of nitrogens with zero attached hydrogens (tertiary/aromatic N) is 5. The number of hydrogen-bond donors (Lipinski definition) is 2. The van der Waals surface area contributed by atoms with Crippen LogP contribution < -0.4 is 15.8 Å². The van der Waals surface area contributed by atoms with Gasteiger partial charge in [0.15, 0.2) is 5.65 Å². The number of fused-ring (bicyclic) bond motifs is 1. The smallest absolute Gasteiger partial charge is 0.246 e. The van der Waals surface area contributed by atoms with Crippen molar-refractivity contribution >= 4 is 22.8 Å². The van der Waals surface area contributed by atoms with Gasteiger partial charge in [-0.25, -0.2) is 14.6 Å². The van der Waals surface area contributed by atoms with Crippen molar-refractivity contribution in [2.45, 2.75) is 50.6 Å². The summed E-state index contributed by atoms with van der Waals surface area (Å²) in [4.78, 5) is 23.7. The van der Waals surface area contributed by atoms with E-state index in [1.165, 1.54) is 32.0 Å². The molecule has 2 aromatic heterocycles. The molecule has 9 nitrogen and oxygen atoms in total. The average molecular weight is 538 g/mol. The number of amides is 1. The largest absolute Gasteiger partial charge is 0.457 e. The Balaban J connectivity index is 1.20. The first-order valence-electron chi connectivity index (χ1n) is 14.2. The molecular weight excluding hydrogens is 502 g/mol. The number of aromatic nitrogens is 4. The first-order valence-corrected chi connectivity index (χ1v) is 14.2. The molecule has 206 valence electrons. The van der Waals surface area contributed by atoms with Crippen LogP contribution in [-0.2, 0) is 4.79 Å². The zero-order valence-electron chi connectivity index (χ0n) is 22.6. The second kappa shape index (κ2) is 11.9. The lowest BCUT2D eigenvalue weighted by atomic mass is 10.1. The summed E-state index contributed by atoms with van der Waals surface area (Å²) >= 11 is 0. The fourth-order valence-corrected chi connectivity index (χ4v) is 5.74. The molecule has 6 rings (SSSR count). The number of benzene rings is 2. The van der Waals surface area contributed by atoms with Gasteiger partial charge in [0.1, 0.15) is 29.3 Å². The monoisotopic (exact) mass is 537 g/mol. The first kappa shape index (κ1) is 26.0. The van der Waals surface area contributed by atoms with E-state index < -0.39 is 0 Å². The molecule has 4 aromatic rings. The highest BCUT2D eigenvalue weighted by atomic mass is 16.5. The van der Waals surface area contributed by atoms with Crippen LogP contribution in [0, 0.1) is 0 Å². The summed E-state index contributed by atoms with van der Waals surface area (Å²) in [6, 6.07) is 18.0. The summed E-state index contributed by atoms with van der Waals surface area (Å²) in [6.45, 7) is 2.04. The molecule has 2 aromatic carbocycles. The molecule has 3 heterocycles. The number of nitrogens with one attached hydrogen (secondary N) is 1. The average Bonchev–Trinajstić information content (AvgIpc) is 3.65. The molecule has 1 saturated heterocycles. The number of hydrogen-bond acceptors (Lipinski definition) is 7. The molecule has 40 heavy (non-hydrogen) atoms. The standard InChI is InChI=1S/C31H35N7O2/c32-30-28-29(22-14-16-26(17-15-22)40-25-11-2-1-3-12-25)36-38(31(28)35-21-34-30)24-10-7-19-37(20-24)27(39)13-6-18-33-23-8-4-5-9-23/h1-3,6,11-17,21,23-24,33H,4-5,7-10,18-20H2,(H2,32,34,35)/t24-/m1/s1. The van der Waals surface area contributed by atoms with E-state index in [1.54, 1.807) is 6.08 Å². The van der Waals surface area contributed by atoms with E-state index in [0.717, 1.165) is 54.1 Å². The summed E-state index contributed by atoms with van der Waals surface area (Å²) in [5, 5.41) is 9.25. The highest BCUT2D eigenvalue weighted by Gasteiger charge is 2.28. The second-order valence-corrected chi connectivity index (χ2v) is 10.6. The molecule has 0 radical (unpaired) electrons. The number of carbonyl (C=O) groups is 1. The number of nitrogens with two attached hydrogens (primary N) is 1. The SMILES string of the molecule is Nc1ncnc2c1c(-c1ccc(Oc3ccccc3)cc1)nn2[C@@H]1CCCN(C(=O)C=CCNC2CCCC2)C1. The van der Waals surface area contributed by atoms with Crippen LogP contribution >= 0.6 is 0 Å². The van der Waals surface area contributed by atoms with Gasteiger partial charge in [-0.05, 0) is 62.1 Å². The summed E-state index contributed by atoms with van der Waals surface area (Å²) in [5.41, 5.74) is 8.65. The third-order valence-electron chi connectivity index (χ3n) is 7.82. The molecule has 2 aliphatic rings. The highest BCUT2D eigenvalue weighted by molar-refractivity contribution is 5.98. The molecule has 1 saturated carbocycles. The Morgan fingerprint density at radius 1 is 1.00 bits per heavy atom. The van der Waals surface area contributed by atoms with Gasteiger partial charge in [0, 0.05) is 37.3 Å². The van der Waals surface area contributed by atoms with Crippen molar-refractivity contribution in [2.75, 3.05) is 25.4 Å². The molecule has 9 heteroatoms. The maximum atomic E-state index is 13.0. The Morgan fingerprint density at radius 2 is 1.77 bits per heavy atom. The lowest BCUT2D eigenvalue weighted by molar-refractivity contribution is -0.127. The van der Waals surface area contributed by atoms with Crippen LogP contribution in [0.1, 0.15) is 44.6 Å². The lowest BCUT2D eigenvalue weighted by Crippen LogP contribution is -2.40. The summed E-state index contributed by atoms with van der Waals surface area (Å²) < 4.78 is 7.89. The Labute approximate surface area is 234 Å². The normalized spacial score (nSPS) is 18.1. The highest BCUT2D eigenvalue weighted by Crippen LogP contribution is 2.35. The molecular formula is C31H35N7O2. The number of nitrogen functional groups attached to an aromatic ring is 1. The van der Waals surface area contributed by atoms with Gasteiger partial charge >= 0.3 is 0 Å². The van der Waals surface area contributed by atoms with Crippen molar-refractivity contribution in [3.63, 3.8) is 0 Å². The van der Waals surface area contributed by atoms with Gasteiger partial charge in [-0.15, -0.1) is 0 Å². The minimum Gasteiger partial charge on any atom is -0.457 e. The Bertz CT molecular complexity index is 1480. The number of ether oxygens (including phenoxy) is 1. The van der Waals surface area contributed by atoms with Gasteiger partial charge in [-0.2, -0.15) is 5.10 Å². The van der Waals surface area contributed by atoms with E-state index >= 15 is 0 Å². The van der Waals surface area contributed by atoms with Gasteiger partial charge in [0.2, 0.25) is 5.91 Å². The van der Waals surface area contributed by atoms with Gasteiger partial charge in [0.05, 0.1) is 11.4 Å². The Kier molecular flexibility index (Phi) is 7.72. The maximum absolute atomic E-state index is 13.0. The Morgan fingerprint density at radius 3 is 2.58 bits per heavy atom. The van der Waals surface area contributed by atoms with Crippen LogP contribution in [0.5, 0.6) is 11.5 Å². The third kappa shape index (κ3) is 5.70. The van der Waals surface area contributed by atoms with Crippen molar-refractivity contribution < 1.29 is 9.53 Å². The second-order valence-electron chi connectivity index (χ2n) is 10.6. The fourth-order valence-electron chi connectivity index (χ4n) is 5.74. The van der Waals surface area contributed by atoms with E-state index in [-0.39, 0.29) is 11.9 Å². The summed E-state index contributed by atoms with van der Waals surface area (Å²) in [7, 11) is 0. The van der Waals surface area contributed by atoms with Crippen molar-refractivity contribution in [2.24, 2.45) is 0 Å². The number of piperidine rings is 1. The fraction of sp³-hybridized carbons (Fsp3) is 0.355. The maximum Gasteiger partial charge on any atom is 0.246 e. The van der Waals surface area contributed by atoms with Crippen molar-refractivity contribution in [3.8, 4) is 22.8 Å². The molecule has 1 amide bonds. The van der Waals surface area contributed by atoms with Crippen LogP contribution in [0.3, 0.4) is 0 Å². The van der Waals surface area contributed by atoms with Gasteiger partial charge < -0.3 is 20.7 Å². The van der Waals surface area contributed by atoms with E-state index in [0.29, 0.717) is 24.1 Å². The molecule has 0 unspecified atom stereocenters. The van der Waals surface area contributed by atoms with Crippen LogP contribution in [0.15, 0.2) is 73.1 Å². The van der Waals surface area contributed by atoms with Crippen LogP contribution in [0.2, 0.25) is 0 Å². The molecule has 1 atom stereocenters. The predicted octanol–water partition coefficient (Wildman–Crippen LogP) is 5.12. The van der Waals surface area contributed by atoms with Crippen molar-refractivity contribution in [3.05, 3.63) is 73.1 Å². The number of anilines is 1. The van der Waals surface area contributed by atoms with Crippen LogP contribution in [-0.4, -0.2) is 56.2 Å². The summed E-state index contributed by atoms with van der Waals surface area (Å²) in [5.74, 6) is 1.94. The zero-order valence-corrected chi connectivity index (χ0v) is 22.6. The van der Waals surface area contributed by atoms with Gasteiger partial charge in [-0.3, -0.25) is 4.79 Å². The van der Waals surface area contributed by atoms with E-state index in [9.17, 15) is 4.79 Å². The van der Waals surface area contributed by atoms with Crippen molar-refractivity contribution in [1.82, 2.24) is 30.0 Å². The predicted molar refractivity (Wildman–Crippen MR) is 156 cm³/mol. The van der Waals surface area contributed by atoms with Crippen molar-refractivity contribution in [1.29, 1.82) is 0 Å². The molecule has 0 bridgehead atoms. The van der Waals surface area contributed by atoms with E-state index in [1.807, 2.05) is 70.3 Å². The molecule has 1 aliphatic heterocycles. The first-order chi connectivity index (χ1) is 19.7. The molecule has 3 N–H and O–H groups in total. The molecule has 2 fully saturated rings. The number of rotatable bonds is 8. The summed E-state index contributed by atoms with van der Waals surface area (Å²) in [6.07, 6.45) is 12.0. The van der Waals surface area contributed by atoms with Gasteiger partial charge in [0.25, 0.3) is 0 Å². The minimum absolute atomic E-state index is 0.00560. The number of carbonyl (C=O) groups excluding carboxylic acids is 1. The zero-order chi connectivity index (χ0) is 27.3.